The summed E-state index contributed by atoms with van der Waals surface area (Å²) < 4.78 is 0. The second kappa shape index (κ2) is 18.1. The first-order valence-corrected chi connectivity index (χ1v) is 13.2. The van der Waals surface area contributed by atoms with Crippen molar-refractivity contribution >= 4 is 11.6 Å². The summed E-state index contributed by atoms with van der Waals surface area (Å²) in [7, 11) is 0. The van der Waals surface area contributed by atoms with Crippen molar-refractivity contribution in [2.45, 2.75) is 92.0 Å². The van der Waals surface area contributed by atoms with Gasteiger partial charge < -0.3 is 37.0 Å². The van der Waals surface area contributed by atoms with Crippen molar-refractivity contribution in [3.05, 3.63) is 11.6 Å². The van der Waals surface area contributed by atoms with Crippen LogP contribution in [-0.2, 0) is 0 Å². The molecular formula is C27H60ClN3O4. The summed E-state index contributed by atoms with van der Waals surface area (Å²) in [6, 6.07) is 0.604. The molecule has 0 radical (unpaired) electrons. The van der Waals surface area contributed by atoms with E-state index in [1.165, 1.54) is 77.9 Å². The van der Waals surface area contributed by atoms with Gasteiger partial charge in [0.2, 0.25) is 0 Å². The second-order valence-corrected chi connectivity index (χ2v) is 12.0. The maximum Gasteiger partial charge on any atom is 0.0373 e. The monoisotopic (exact) mass is 525 g/mol. The lowest BCUT2D eigenvalue weighted by Gasteiger charge is -2.47. The predicted molar refractivity (Wildman–Crippen MR) is 153 cm³/mol. The lowest BCUT2D eigenvalue weighted by atomic mass is 9.68. The summed E-state index contributed by atoms with van der Waals surface area (Å²) >= 11 is 6.34. The third kappa shape index (κ3) is 11.3. The Morgan fingerprint density at radius 2 is 1.60 bits per heavy atom. The van der Waals surface area contributed by atoms with Crippen LogP contribution in [-0.4, -0.2) is 88.9 Å². The van der Waals surface area contributed by atoms with E-state index in [0.717, 1.165) is 18.3 Å². The highest BCUT2D eigenvalue weighted by molar-refractivity contribution is 6.20. The molecule has 9 N–H and O–H groups in total. The van der Waals surface area contributed by atoms with Gasteiger partial charge in [0, 0.05) is 24.5 Å². The molecule has 0 aromatic heterocycles. The molecule has 3 aliphatic rings. The SMILES string of the molecule is C.CCN1CCC(CN[C@@H](CN2CCC(C3=CCC(Cl)CC3)C(C)(C)C2)C(C)C)CC1.O.O.O.O. The van der Waals surface area contributed by atoms with E-state index in [-0.39, 0.29) is 29.3 Å². The largest absolute Gasteiger partial charge is 0.412 e. The maximum atomic E-state index is 6.34. The van der Waals surface area contributed by atoms with Gasteiger partial charge in [0.15, 0.2) is 0 Å². The number of piperidine rings is 2. The number of likely N-dealkylation sites (tertiary alicyclic amines) is 2. The summed E-state index contributed by atoms with van der Waals surface area (Å²) in [5.74, 6) is 2.29. The number of allylic oxidation sites excluding steroid dienone is 2. The van der Waals surface area contributed by atoms with E-state index in [1.54, 1.807) is 5.57 Å². The van der Waals surface area contributed by atoms with Crippen molar-refractivity contribution in [3.63, 3.8) is 0 Å². The Labute approximate surface area is 221 Å². The fraction of sp³-hybridized carbons (Fsp3) is 0.926. The lowest BCUT2D eigenvalue weighted by molar-refractivity contribution is 0.0588. The van der Waals surface area contributed by atoms with Crippen LogP contribution in [0.5, 0.6) is 0 Å². The van der Waals surface area contributed by atoms with Gasteiger partial charge in [-0.1, -0.05) is 53.7 Å². The second-order valence-electron chi connectivity index (χ2n) is 11.4. The number of nitrogens with zero attached hydrogens (tertiary/aromatic N) is 2. The summed E-state index contributed by atoms with van der Waals surface area (Å²) in [5.41, 5.74) is 2.06. The number of alkyl halides is 1. The van der Waals surface area contributed by atoms with Gasteiger partial charge in [-0.25, -0.2) is 0 Å². The first kappa shape index (κ1) is 39.3. The lowest BCUT2D eigenvalue weighted by Crippen LogP contribution is -2.52. The van der Waals surface area contributed by atoms with E-state index < -0.39 is 0 Å². The van der Waals surface area contributed by atoms with Gasteiger partial charge in [0.25, 0.3) is 0 Å². The van der Waals surface area contributed by atoms with Crippen LogP contribution in [0.1, 0.15) is 80.6 Å². The number of hydrogen-bond donors (Lipinski definition) is 1. The van der Waals surface area contributed by atoms with E-state index >= 15 is 0 Å². The Hall–Kier alpha value is -0.250. The van der Waals surface area contributed by atoms with Crippen molar-refractivity contribution in [1.29, 1.82) is 0 Å². The molecule has 35 heavy (non-hydrogen) atoms. The van der Waals surface area contributed by atoms with Crippen LogP contribution in [0, 0.1) is 23.2 Å². The molecule has 214 valence electrons. The smallest absolute Gasteiger partial charge is 0.0373 e. The summed E-state index contributed by atoms with van der Waals surface area (Å²) in [6.07, 6.45) is 9.97. The molecule has 3 rings (SSSR count). The van der Waals surface area contributed by atoms with Gasteiger partial charge >= 0.3 is 0 Å². The zero-order chi connectivity index (χ0) is 21.7. The predicted octanol–water partition coefficient (Wildman–Crippen LogP) is 2.74. The number of hydrogen-bond acceptors (Lipinski definition) is 3. The molecule has 2 saturated heterocycles. The summed E-state index contributed by atoms with van der Waals surface area (Å²) in [5, 5.41) is 4.35. The van der Waals surface area contributed by atoms with Gasteiger partial charge in [-0.2, -0.15) is 0 Å². The normalized spacial score (nSPS) is 26.1. The molecule has 2 fully saturated rings. The topological polar surface area (TPSA) is 145 Å². The van der Waals surface area contributed by atoms with E-state index in [4.69, 9.17) is 11.6 Å². The molecule has 2 aliphatic heterocycles. The van der Waals surface area contributed by atoms with Crippen LogP contribution in [0.25, 0.3) is 0 Å². The van der Waals surface area contributed by atoms with Crippen molar-refractivity contribution in [1.82, 2.24) is 15.1 Å². The molecule has 2 heterocycles. The fourth-order valence-electron chi connectivity index (χ4n) is 6.06. The van der Waals surface area contributed by atoms with E-state index in [9.17, 15) is 0 Å². The van der Waals surface area contributed by atoms with Crippen molar-refractivity contribution in [3.8, 4) is 0 Å². The minimum atomic E-state index is 0. The average Bonchev–Trinajstić information content (AvgIpc) is 2.71. The van der Waals surface area contributed by atoms with Gasteiger partial charge in [-0.15, -0.1) is 11.6 Å². The summed E-state index contributed by atoms with van der Waals surface area (Å²) in [4.78, 5) is 5.35. The van der Waals surface area contributed by atoms with Gasteiger partial charge in [0.1, 0.15) is 0 Å². The molecular weight excluding hydrogens is 466 g/mol. The quantitative estimate of drug-likeness (QED) is 0.384. The highest BCUT2D eigenvalue weighted by atomic mass is 35.5. The van der Waals surface area contributed by atoms with Gasteiger partial charge in [-0.3, -0.25) is 0 Å². The first-order chi connectivity index (χ1) is 14.3. The molecule has 0 amide bonds. The molecule has 7 nitrogen and oxygen atoms in total. The molecule has 3 atom stereocenters. The van der Waals surface area contributed by atoms with E-state index in [2.05, 4.69) is 55.8 Å². The molecule has 0 spiro atoms. The molecule has 0 aromatic rings. The molecule has 2 unspecified atom stereocenters. The first-order valence-electron chi connectivity index (χ1n) is 12.8. The third-order valence-corrected chi connectivity index (χ3v) is 8.62. The fourth-order valence-corrected chi connectivity index (χ4v) is 6.26. The Kier molecular flexibility index (Phi) is 20.3. The molecule has 1 aliphatic carbocycles. The van der Waals surface area contributed by atoms with Crippen LogP contribution in [0.2, 0.25) is 0 Å². The zero-order valence-electron chi connectivity index (χ0n) is 22.4. The molecule has 0 bridgehead atoms. The van der Waals surface area contributed by atoms with Crippen LogP contribution in [0.4, 0.5) is 0 Å². The Bertz CT molecular complexity index is 569. The standard InChI is InChI=1S/C26H48ClN3.CH4.4H2O/c1-6-29-14-11-21(12-15-29)17-28-25(20(2)3)18-30-16-13-24(26(4,5)19-30)22-7-9-23(27)10-8-22;;;;;/h7,20-21,23-25,28H,6,8-19H2,1-5H3;1H4;4*1H2/t23?,24?,25-;;;;;/m0...../s1. The maximum absolute atomic E-state index is 6.34. The van der Waals surface area contributed by atoms with Crippen LogP contribution in [0.3, 0.4) is 0 Å². The minimum Gasteiger partial charge on any atom is -0.412 e. The van der Waals surface area contributed by atoms with Gasteiger partial charge in [0.05, 0.1) is 0 Å². The van der Waals surface area contributed by atoms with Crippen molar-refractivity contribution in [2.24, 2.45) is 23.2 Å². The molecule has 8 heteroatoms. The van der Waals surface area contributed by atoms with E-state index in [0.29, 0.717) is 22.8 Å². The third-order valence-electron chi connectivity index (χ3n) is 8.22. The van der Waals surface area contributed by atoms with Crippen LogP contribution < -0.4 is 5.32 Å². The Morgan fingerprint density at radius 1 is 1.00 bits per heavy atom. The highest BCUT2D eigenvalue weighted by Crippen LogP contribution is 2.43. The minimum absolute atomic E-state index is 0. The molecule has 0 saturated carbocycles. The van der Waals surface area contributed by atoms with Gasteiger partial charge in [-0.05, 0) is 94.4 Å². The number of rotatable bonds is 8. The van der Waals surface area contributed by atoms with Crippen LogP contribution >= 0.6 is 11.6 Å². The highest BCUT2D eigenvalue weighted by Gasteiger charge is 2.39. The molecule has 0 aromatic carbocycles. The van der Waals surface area contributed by atoms with Crippen LogP contribution in [0.15, 0.2) is 11.6 Å². The Balaban J connectivity index is -0.00000205. The number of nitrogens with one attached hydrogen (secondary N) is 1. The van der Waals surface area contributed by atoms with Crippen molar-refractivity contribution < 1.29 is 21.9 Å². The Morgan fingerprint density at radius 3 is 2.09 bits per heavy atom. The average molecular weight is 526 g/mol. The van der Waals surface area contributed by atoms with Crippen molar-refractivity contribution in [2.75, 3.05) is 45.8 Å². The summed E-state index contributed by atoms with van der Waals surface area (Å²) in [6.45, 7) is 20.7. The zero-order valence-corrected chi connectivity index (χ0v) is 23.2. The number of halogens is 1. The van der Waals surface area contributed by atoms with E-state index in [1.807, 2.05) is 0 Å².